The molecule has 0 spiro atoms. The Morgan fingerprint density at radius 3 is 2.36 bits per heavy atom. The van der Waals surface area contributed by atoms with Crippen molar-refractivity contribution in [2.24, 2.45) is 0 Å². The molecule has 5 N–H and O–H groups in total. The van der Waals surface area contributed by atoms with Crippen LogP contribution in [-0.4, -0.2) is 63.6 Å². The second-order valence-electron chi connectivity index (χ2n) is 5.02. The summed E-state index contributed by atoms with van der Waals surface area (Å²) in [5.41, 5.74) is 0.577. The van der Waals surface area contributed by atoms with E-state index in [9.17, 15) is 20.1 Å². The minimum atomic E-state index is -1.49. The van der Waals surface area contributed by atoms with Crippen LogP contribution < -0.4 is 10.1 Å². The number of hydrogen-bond donors (Lipinski definition) is 5. The summed E-state index contributed by atoms with van der Waals surface area (Å²) in [5, 5.41) is 40.9. The second kappa shape index (κ2) is 7.03. The lowest BCUT2D eigenvalue weighted by Crippen LogP contribution is -2.60. The topological polar surface area (TPSA) is 128 Å². The molecule has 0 aromatic heterocycles. The molecule has 1 aliphatic heterocycles. The van der Waals surface area contributed by atoms with E-state index >= 15 is 0 Å². The lowest BCUT2D eigenvalue weighted by atomic mass is 9.99. The average molecular weight is 313 g/mol. The molecule has 1 heterocycles. The first-order valence-electron chi connectivity index (χ1n) is 6.77. The number of anilines is 1. The van der Waals surface area contributed by atoms with Crippen molar-refractivity contribution in [3.63, 3.8) is 0 Å². The Bertz CT molecular complexity index is 504. The zero-order valence-corrected chi connectivity index (χ0v) is 11.9. The minimum Gasteiger partial charge on any atom is -0.462 e. The van der Waals surface area contributed by atoms with Crippen molar-refractivity contribution in [2.45, 2.75) is 37.6 Å². The predicted molar refractivity (Wildman–Crippen MR) is 75.1 cm³/mol. The lowest BCUT2D eigenvalue weighted by Gasteiger charge is -2.39. The SMILES string of the molecule is CC(=O)Nc1ccc(OC2O[C@H](CO)[C@@H](O)C(O)C2O)cc1. The van der Waals surface area contributed by atoms with Gasteiger partial charge in [-0.05, 0) is 24.3 Å². The number of aliphatic hydroxyl groups is 4. The molecule has 1 saturated heterocycles. The maximum Gasteiger partial charge on any atom is 0.229 e. The van der Waals surface area contributed by atoms with Crippen molar-refractivity contribution in [3.8, 4) is 5.75 Å². The van der Waals surface area contributed by atoms with Crippen LogP contribution >= 0.6 is 0 Å². The van der Waals surface area contributed by atoms with Gasteiger partial charge in [-0.25, -0.2) is 0 Å². The molecule has 0 bridgehead atoms. The zero-order chi connectivity index (χ0) is 16.3. The molecule has 22 heavy (non-hydrogen) atoms. The molecule has 0 aliphatic carbocycles. The van der Waals surface area contributed by atoms with E-state index in [1.54, 1.807) is 24.3 Å². The fourth-order valence-electron chi connectivity index (χ4n) is 2.12. The summed E-state index contributed by atoms with van der Waals surface area (Å²) < 4.78 is 10.6. The molecule has 5 atom stereocenters. The molecule has 122 valence electrons. The van der Waals surface area contributed by atoms with Crippen LogP contribution in [0.3, 0.4) is 0 Å². The van der Waals surface area contributed by atoms with E-state index in [-0.39, 0.29) is 5.91 Å². The normalized spacial score (nSPS) is 31.6. The Morgan fingerprint density at radius 2 is 1.82 bits per heavy atom. The van der Waals surface area contributed by atoms with Crippen LogP contribution in [-0.2, 0) is 9.53 Å². The third-order valence-electron chi connectivity index (χ3n) is 3.28. The smallest absolute Gasteiger partial charge is 0.229 e. The van der Waals surface area contributed by atoms with Gasteiger partial charge in [0.05, 0.1) is 6.61 Å². The summed E-state index contributed by atoms with van der Waals surface area (Å²) >= 11 is 0. The van der Waals surface area contributed by atoms with E-state index in [1.165, 1.54) is 6.92 Å². The number of carbonyl (C=O) groups excluding carboxylic acids is 1. The van der Waals surface area contributed by atoms with E-state index in [4.69, 9.17) is 14.6 Å². The van der Waals surface area contributed by atoms with Crippen LogP contribution in [0, 0.1) is 0 Å². The van der Waals surface area contributed by atoms with Gasteiger partial charge in [0.2, 0.25) is 12.2 Å². The van der Waals surface area contributed by atoms with Crippen molar-refractivity contribution in [1.82, 2.24) is 0 Å². The van der Waals surface area contributed by atoms with Gasteiger partial charge in [-0.3, -0.25) is 4.79 Å². The van der Waals surface area contributed by atoms with E-state index < -0.39 is 37.3 Å². The monoisotopic (exact) mass is 313 g/mol. The quantitative estimate of drug-likeness (QED) is 0.473. The number of amides is 1. The van der Waals surface area contributed by atoms with Crippen LogP contribution in [0.1, 0.15) is 6.92 Å². The molecule has 1 aliphatic rings. The highest BCUT2D eigenvalue weighted by Crippen LogP contribution is 2.25. The Kier molecular flexibility index (Phi) is 5.33. The maximum atomic E-state index is 10.9. The number of ether oxygens (including phenoxy) is 2. The van der Waals surface area contributed by atoms with Gasteiger partial charge >= 0.3 is 0 Å². The molecular weight excluding hydrogens is 294 g/mol. The summed E-state index contributed by atoms with van der Waals surface area (Å²) in [6.07, 6.45) is -6.64. The van der Waals surface area contributed by atoms with Gasteiger partial charge in [-0.1, -0.05) is 0 Å². The highest BCUT2D eigenvalue weighted by Gasteiger charge is 2.44. The molecule has 1 aromatic rings. The fraction of sp³-hybridized carbons (Fsp3) is 0.500. The van der Waals surface area contributed by atoms with Crippen LogP contribution in [0.5, 0.6) is 5.75 Å². The van der Waals surface area contributed by atoms with E-state index in [0.717, 1.165) is 0 Å². The van der Waals surface area contributed by atoms with Gasteiger partial charge in [0.15, 0.2) is 0 Å². The van der Waals surface area contributed by atoms with Gasteiger partial charge < -0.3 is 35.2 Å². The molecule has 0 saturated carbocycles. The van der Waals surface area contributed by atoms with Gasteiger partial charge in [0, 0.05) is 12.6 Å². The molecular formula is C14H19NO7. The summed E-state index contributed by atoms with van der Waals surface area (Å²) in [6.45, 7) is 0.866. The molecule has 8 nitrogen and oxygen atoms in total. The van der Waals surface area contributed by atoms with E-state index in [1.807, 2.05) is 0 Å². The lowest BCUT2D eigenvalue weighted by molar-refractivity contribution is -0.277. The van der Waals surface area contributed by atoms with Crippen molar-refractivity contribution in [2.75, 3.05) is 11.9 Å². The van der Waals surface area contributed by atoms with Crippen molar-refractivity contribution >= 4 is 11.6 Å². The molecule has 3 unspecified atom stereocenters. The molecule has 1 aromatic carbocycles. The zero-order valence-electron chi connectivity index (χ0n) is 11.9. The molecule has 0 radical (unpaired) electrons. The molecule has 1 fully saturated rings. The first-order chi connectivity index (χ1) is 10.4. The second-order valence-corrected chi connectivity index (χ2v) is 5.02. The molecule has 2 rings (SSSR count). The summed E-state index contributed by atoms with van der Waals surface area (Å²) in [5.74, 6) is 0.126. The van der Waals surface area contributed by atoms with Gasteiger partial charge in [-0.15, -0.1) is 0 Å². The van der Waals surface area contributed by atoms with Crippen LogP contribution in [0.4, 0.5) is 5.69 Å². The number of aliphatic hydroxyl groups excluding tert-OH is 4. The number of nitrogens with one attached hydrogen (secondary N) is 1. The third-order valence-corrected chi connectivity index (χ3v) is 3.28. The predicted octanol–water partition coefficient (Wildman–Crippen LogP) is -1.18. The average Bonchev–Trinajstić information content (AvgIpc) is 2.49. The Balaban J connectivity index is 2.04. The summed E-state index contributed by atoms with van der Waals surface area (Å²) in [4.78, 5) is 10.9. The summed E-state index contributed by atoms with van der Waals surface area (Å²) in [7, 11) is 0. The summed E-state index contributed by atoms with van der Waals surface area (Å²) in [6, 6.07) is 6.29. The largest absolute Gasteiger partial charge is 0.462 e. The highest BCUT2D eigenvalue weighted by atomic mass is 16.7. The number of carbonyl (C=O) groups is 1. The molecule has 1 amide bonds. The van der Waals surface area contributed by atoms with Gasteiger partial charge in [-0.2, -0.15) is 0 Å². The number of rotatable bonds is 4. The van der Waals surface area contributed by atoms with Crippen LogP contribution in [0.25, 0.3) is 0 Å². The van der Waals surface area contributed by atoms with E-state index in [2.05, 4.69) is 5.32 Å². The highest BCUT2D eigenvalue weighted by molar-refractivity contribution is 5.88. The molecule has 8 heteroatoms. The Morgan fingerprint density at radius 1 is 1.18 bits per heavy atom. The Hall–Kier alpha value is -1.71. The number of hydrogen-bond acceptors (Lipinski definition) is 7. The first kappa shape index (κ1) is 16.7. The standard InChI is InChI=1S/C14H19NO7/c1-7(17)15-8-2-4-9(5-3-8)21-14-13(20)12(19)11(18)10(6-16)22-14/h2-5,10-14,16,18-20H,6H2,1H3,(H,15,17)/t10-,11-,12?,13?,14?/m1/s1. The first-order valence-corrected chi connectivity index (χ1v) is 6.77. The van der Waals surface area contributed by atoms with Crippen molar-refractivity contribution in [3.05, 3.63) is 24.3 Å². The maximum absolute atomic E-state index is 10.9. The van der Waals surface area contributed by atoms with Crippen molar-refractivity contribution in [1.29, 1.82) is 0 Å². The fourth-order valence-corrected chi connectivity index (χ4v) is 2.12. The van der Waals surface area contributed by atoms with E-state index in [0.29, 0.717) is 11.4 Å². The van der Waals surface area contributed by atoms with Crippen LogP contribution in [0.15, 0.2) is 24.3 Å². The Labute approximate surface area is 126 Å². The van der Waals surface area contributed by atoms with Gasteiger partial charge in [0.1, 0.15) is 30.2 Å². The van der Waals surface area contributed by atoms with Gasteiger partial charge in [0.25, 0.3) is 0 Å². The van der Waals surface area contributed by atoms with Crippen LogP contribution in [0.2, 0.25) is 0 Å². The minimum absolute atomic E-state index is 0.206. The van der Waals surface area contributed by atoms with Crippen molar-refractivity contribution < 1.29 is 34.7 Å². The third kappa shape index (κ3) is 3.73. The number of benzene rings is 1.